The van der Waals surface area contributed by atoms with E-state index in [1.165, 1.54) is 16.7 Å². The smallest absolute Gasteiger partial charge is 0.237 e. The minimum atomic E-state index is -0.150. The molecule has 0 saturated heterocycles. The second-order valence-corrected chi connectivity index (χ2v) is 6.05. The first kappa shape index (κ1) is 17.5. The molecule has 0 saturated carbocycles. The van der Waals surface area contributed by atoms with E-state index in [9.17, 15) is 4.79 Å². The number of rotatable bonds is 3. The number of carbonyl (C=O) groups excluding carboxylic acids is 1. The Labute approximate surface area is 143 Å². The van der Waals surface area contributed by atoms with E-state index in [4.69, 9.17) is 0 Å². The van der Waals surface area contributed by atoms with Crippen LogP contribution in [0.15, 0.2) is 48.5 Å². The monoisotopic (exact) mass is 330 g/mol. The molecule has 2 N–H and O–H groups in total. The van der Waals surface area contributed by atoms with Crippen molar-refractivity contribution in [2.75, 3.05) is 0 Å². The van der Waals surface area contributed by atoms with Crippen LogP contribution in [0.5, 0.6) is 0 Å². The molecule has 122 valence electrons. The van der Waals surface area contributed by atoms with E-state index in [-0.39, 0.29) is 30.4 Å². The third-order valence-corrected chi connectivity index (χ3v) is 4.33. The third-order valence-electron chi connectivity index (χ3n) is 4.33. The number of amides is 1. The van der Waals surface area contributed by atoms with Crippen LogP contribution in [0.25, 0.3) is 0 Å². The van der Waals surface area contributed by atoms with Gasteiger partial charge in [-0.25, -0.2) is 0 Å². The second kappa shape index (κ2) is 7.62. The minimum absolute atomic E-state index is 0. The van der Waals surface area contributed by atoms with Crippen LogP contribution < -0.4 is 10.6 Å². The molecule has 3 nitrogen and oxygen atoms in total. The average molecular weight is 331 g/mol. The Morgan fingerprint density at radius 1 is 1.13 bits per heavy atom. The number of hydrogen-bond donors (Lipinski definition) is 2. The summed E-state index contributed by atoms with van der Waals surface area (Å²) >= 11 is 0. The zero-order chi connectivity index (χ0) is 15.5. The molecule has 1 amide bonds. The lowest BCUT2D eigenvalue weighted by Gasteiger charge is -2.26. The highest BCUT2D eigenvalue weighted by Crippen LogP contribution is 2.18. The number of benzene rings is 2. The van der Waals surface area contributed by atoms with Gasteiger partial charge in [-0.2, -0.15) is 0 Å². The lowest BCUT2D eigenvalue weighted by atomic mass is 9.95. The van der Waals surface area contributed by atoms with Crippen LogP contribution in [0, 0.1) is 6.92 Å². The summed E-state index contributed by atoms with van der Waals surface area (Å²) in [6.45, 7) is 4.85. The fourth-order valence-electron chi connectivity index (χ4n) is 2.89. The highest BCUT2D eigenvalue weighted by Gasteiger charge is 2.24. The van der Waals surface area contributed by atoms with Gasteiger partial charge in [0.15, 0.2) is 0 Å². The summed E-state index contributed by atoms with van der Waals surface area (Å²) in [7, 11) is 0. The van der Waals surface area contributed by atoms with Crippen LogP contribution in [-0.2, 0) is 17.8 Å². The van der Waals surface area contributed by atoms with Crippen LogP contribution >= 0.6 is 12.4 Å². The van der Waals surface area contributed by atoms with E-state index in [2.05, 4.69) is 54.0 Å². The van der Waals surface area contributed by atoms with Gasteiger partial charge in [-0.15, -0.1) is 12.4 Å². The fraction of sp³-hybridized carbons (Fsp3) is 0.316. The average Bonchev–Trinajstić information content (AvgIpc) is 2.55. The summed E-state index contributed by atoms with van der Waals surface area (Å²) in [4.78, 5) is 12.5. The number of fused-ring (bicyclic) bond motifs is 1. The van der Waals surface area contributed by atoms with Gasteiger partial charge in [-0.3, -0.25) is 4.79 Å². The molecule has 2 aromatic carbocycles. The van der Waals surface area contributed by atoms with E-state index >= 15 is 0 Å². The molecule has 2 atom stereocenters. The Morgan fingerprint density at radius 2 is 1.78 bits per heavy atom. The standard InChI is InChI=1S/C19H22N2O.ClH/c1-13-7-9-15(10-8-13)14(2)21-19(22)18-11-16-5-3-4-6-17(16)12-20-18;/h3-10,14,18,20H,11-12H2,1-2H3,(H,21,22);1H. The van der Waals surface area contributed by atoms with Gasteiger partial charge in [0.25, 0.3) is 0 Å². The molecule has 1 aliphatic heterocycles. The SMILES string of the molecule is Cc1ccc(C(C)NC(=O)C2Cc3ccccc3CN2)cc1.Cl. The van der Waals surface area contributed by atoms with Crippen molar-refractivity contribution in [3.8, 4) is 0 Å². The molecule has 4 heteroatoms. The Morgan fingerprint density at radius 3 is 2.48 bits per heavy atom. The molecule has 2 aromatic rings. The molecule has 23 heavy (non-hydrogen) atoms. The van der Waals surface area contributed by atoms with Crippen molar-refractivity contribution in [1.29, 1.82) is 0 Å². The normalized spacial score (nSPS) is 17.6. The quantitative estimate of drug-likeness (QED) is 0.906. The number of halogens is 1. The molecule has 0 aliphatic carbocycles. The van der Waals surface area contributed by atoms with Crippen LogP contribution in [0.3, 0.4) is 0 Å². The summed E-state index contributed by atoms with van der Waals surface area (Å²) in [5, 5.41) is 6.44. The van der Waals surface area contributed by atoms with E-state index < -0.39 is 0 Å². The largest absolute Gasteiger partial charge is 0.348 e. The molecule has 0 radical (unpaired) electrons. The molecule has 0 bridgehead atoms. The Kier molecular flexibility index (Phi) is 5.80. The van der Waals surface area contributed by atoms with E-state index in [0.29, 0.717) is 0 Å². The zero-order valence-corrected chi connectivity index (χ0v) is 14.3. The molecule has 2 unspecified atom stereocenters. The van der Waals surface area contributed by atoms with E-state index in [1.807, 2.05) is 19.1 Å². The van der Waals surface area contributed by atoms with Crippen molar-refractivity contribution >= 4 is 18.3 Å². The highest BCUT2D eigenvalue weighted by molar-refractivity contribution is 5.85. The summed E-state index contributed by atoms with van der Waals surface area (Å²) in [5.41, 5.74) is 4.92. The molecule has 1 aliphatic rings. The first-order valence-corrected chi connectivity index (χ1v) is 7.80. The minimum Gasteiger partial charge on any atom is -0.348 e. The molecule has 0 fully saturated rings. The molecule has 3 rings (SSSR count). The predicted octanol–water partition coefficient (Wildman–Crippen LogP) is 3.31. The second-order valence-electron chi connectivity index (χ2n) is 6.05. The van der Waals surface area contributed by atoms with Gasteiger partial charge >= 0.3 is 0 Å². The molecule has 0 spiro atoms. The van der Waals surface area contributed by atoms with Crippen LogP contribution in [0.2, 0.25) is 0 Å². The van der Waals surface area contributed by atoms with Crippen LogP contribution in [0.4, 0.5) is 0 Å². The van der Waals surface area contributed by atoms with Crippen molar-refractivity contribution in [1.82, 2.24) is 10.6 Å². The van der Waals surface area contributed by atoms with Crippen LogP contribution in [0.1, 0.15) is 35.2 Å². The lowest BCUT2D eigenvalue weighted by molar-refractivity contribution is -0.124. The Bertz CT molecular complexity index is 669. The summed E-state index contributed by atoms with van der Waals surface area (Å²) in [5.74, 6) is 0.0718. The van der Waals surface area contributed by atoms with Gasteiger partial charge in [-0.05, 0) is 37.0 Å². The van der Waals surface area contributed by atoms with Crippen molar-refractivity contribution in [2.45, 2.75) is 38.9 Å². The molecule has 0 aromatic heterocycles. The molecular formula is C19H23ClN2O. The van der Waals surface area contributed by atoms with Gasteiger partial charge in [0.2, 0.25) is 5.91 Å². The summed E-state index contributed by atoms with van der Waals surface area (Å²) < 4.78 is 0. The highest BCUT2D eigenvalue weighted by atomic mass is 35.5. The lowest BCUT2D eigenvalue weighted by Crippen LogP contribution is -2.48. The van der Waals surface area contributed by atoms with Gasteiger partial charge in [-0.1, -0.05) is 54.1 Å². The van der Waals surface area contributed by atoms with Crippen molar-refractivity contribution in [2.24, 2.45) is 0 Å². The maximum absolute atomic E-state index is 12.5. The number of carbonyl (C=O) groups is 1. The van der Waals surface area contributed by atoms with E-state index in [0.717, 1.165) is 18.5 Å². The first-order valence-electron chi connectivity index (χ1n) is 7.80. The van der Waals surface area contributed by atoms with Gasteiger partial charge in [0, 0.05) is 6.54 Å². The number of nitrogens with one attached hydrogen (secondary N) is 2. The van der Waals surface area contributed by atoms with Crippen LogP contribution in [-0.4, -0.2) is 11.9 Å². The number of hydrogen-bond acceptors (Lipinski definition) is 2. The maximum atomic E-state index is 12.5. The van der Waals surface area contributed by atoms with Crippen molar-refractivity contribution < 1.29 is 4.79 Å². The van der Waals surface area contributed by atoms with Crippen molar-refractivity contribution in [3.63, 3.8) is 0 Å². The van der Waals surface area contributed by atoms with Gasteiger partial charge in [0.1, 0.15) is 0 Å². The molecular weight excluding hydrogens is 308 g/mol. The van der Waals surface area contributed by atoms with E-state index in [1.54, 1.807) is 0 Å². The van der Waals surface area contributed by atoms with Gasteiger partial charge < -0.3 is 10.6 Å². The van der Waals surface area contributed by atoms with Gasteiger partial charge in [0.05, 0.1) is 12.1 Å². The Hall–Kier alpha value is -1.84. The first-order chi connectivity index (χ1) is 10.6. The summed E-state index contributed by atoms with van der Waals surface area (Å²) in [6, 6.07) is 16.5. The number of aryl methyl sites for hydroxylation is 1. The topological polar surface area (TPSA) is 41.1 Å². The Balaban J connectivity index is 0.00000192. The summed E-state index contributed by atoms with van der Waals surface area (Å²) in [6.07, 6.45) is 0.753. The maximum Gasteiger partial charge on any atom is 0.237 e. The third kappa shape index (κ3) is 4.12. The van der Waals surface area contributed by atoms with Crippen molar-refractivity contribution in [3.05, 3.63) is 70.8 Å². The zero-order valence-electron chi connectivity index (χ0n) is 13.5. The predicted molar refractivity (Wildman–Crippen MR) is 95.8 cm³/mol. The fourth-order valence-corrected chi connectivity index (χ4v) is 2.89. The molecule has 1 heterocycles.